The first-order chi connectivity index (χ1) is 15.6. The molecule has 0 saturated carbocycles. The number of aromatic hydroxyl groups is 1. The molecule has 1 aliphatic heterocycles. The quantitative estimate of drug-likeness (QED) is 0.226. The molecule has 1 saturated heterocycles. The summed E-state index contributed by atoms with van der Waals surface area (Å²) in [5.41, 5.74) is 4.89. The van der Waals surface area contributed by atoms with Crippen molar-refractivity contribution in [2.24, 2.45) is 5.73 Å². The van der Waals surface area contributed by atoms with Gasteiger partial charge in [0.2, 0.25) is 5.91 Å². The van der Waals surface area contributed by atoms with Crippen molar-refractivity contribution in [3.8, 4) is 5.75 Å². The Hall–Kier alpha value is -3.52. The molecular weight excluding hydrogens is 440 g/mol. The van der Waals surface area contributed by atoms with Crippen molar-refractivity contribution in [3.63, 3.8) is 0 Å². The van der Waals surface area contributed by atoms with Gasteiger partial charge in [-0.2, -0.15) is 0 Å². The number of rotatable bonds is 7. The van der Waals surface area contributed by atoms with E-state index in [2.05, 4.69) is 5.32 Å². The summed E-state index contributed by atoms with van der Waals surface area (Å²) in [5, 5.41) is 41.8. The molecule has 2 aromatic rings. The molecule has 33 heavy (non-hydrogen) atoms. The van der Waals surface area contributed by atoms with Gasteiger partial charge >= 0.3 is 11.7 Å². The van der Waals surface area contributed by atoms with E-state index in [9.17, 15) is 39.6 Å². The van der Waals surface area contributed by atoms with Gasteiger partial charge in [-0.15, -0.1) is 0 Å². The molecule has 8 N–H and O–H groups in total. The predicted molar refractivity (Wildman–Crippen MR) is 111 cm³/mol. The molecule has 13 heteroatoms. The predicted octanol–water partition coefficient (Wildman–Crippen LogP) is -2.61. The molecule has 0 bridgehead atoms. The van der Waals surface area contributed by atoms with E-state index in [4.69, 9.17) is 10.5 Å². The lowest BCUT2D eigenvalue weighted by Crippen LogP contribution is -2.59. The van der Waals surface area contributed by atoms with Crippen molar-refractivity contribution in [2.75, 3.05) is 0 Å². The fraction of sp³-hybridized carbons (Fsp3) is 0.400. The fourth-order valence-corrected chi connectivity index (χ4v) is 3.51. The van der Waals surface area contributed by atoms with Gasteiger partial charge < -0.3 is 36.2 Å². The van der Waals surface area contributed by atoms with Gasteiger partial charge in [0.15, 0.2) is 12.3 Å². The molecule has 3 rings (SSSR count). The standard InChI is InChI=1S/C20H24N4O9/c21-11(7-9-1-3-10(25)4-2-9)17(29)23-15(19(30)31)13-8-12(26)16(28)18(33-13)24-6-5-14(27)22-20(24)32/h1-6,11-13,15-16,18,25-26,28H,7-8,21H2,(H,23,29)(H,30,31)(H,22,27,32)/t11-,12+,13-,15-,16+,18+/m0/s1. The number of aliphatic carboxylic acids is 1. The van der Waals surface area contributed by atoms with E-state index in [1.165, 1.54) is 12.1 Å². The number of nitrogens with zero attached hydrogens (tertiary/aromatic N) is 1. The summed E-state index contributed by atoms with van der Waals surface area (Å²) in [5.74, 6) is -2.26. The third kappa shape index (κ3) is 5.64. The maximum absolute atomic E-state index is 12.5. The summed E-state index contributed by atoms with van der Waals surface area (Å²) in [6.07, 6.45) is -5.22. The Morgan fingerprint density at radius 2 is 1.88 bits per heavy atom. The average molecular weight is 464 g/mol. The van der Waals surface area contributed by atoms with Crippen molar-refractivity contribution >= 4 is 11.9 Å². The van der Waals surface area contributed by atoms with Gasteiger partial charge in [0.05, 0.1) is 18.2 Å². The zero-order valence-corrected chi connectivity index (χ0v) is 17.2. The number of benzene rings is 1. The van der Waals surface area contributed by atoms with E-state index in [1.54, 1.807) is 12.1 Å². The van der Waals surface area contributed by atoms with Crippen LogP contribution in [0.3, 0.4) is 0 Å². The van der Waals surface area contributed by atoms with E-state index in [0.29, 0.717) is 5.56 Å². The topological polar surface area (TPSA) is 217 Å². The Balaban J connectivity index is 1.76. The van der Waals surface area contributed by atoms with Crippen LogP contribution in [-0.4, -0.2) is 72.2 Å². The van der Waals surface area contributed by atoms with Crippen LogP contribution in [-0.2, 0) is 20.7 Å². The molecule has 1 aromatic carbocycles. The number of phenolic OH excluding ortho intramolecular Hbond substituents is 1. The SMILES string of the molecule is N[C@@H](Cc1ccc(O)cc1)C(=O)N[C@H](C(=O)O)[C@@H]1C[C@@H](O)[C@@H](O)[C@H](n2ccc(=O)[nH]c2=O)O1. The molecule has 0 radical (unpaired) electrons. The number of hydrogen-bond acceptors (Lipinski definition) is 9. The van der Waals surface area contributed by atoms with Crippen LogP contribution in [0, 0.1) is 0 Å². The molecule has 0 spiro atoms. The van der Waals surface area contributed by atoms with E-state index >= 15 is 0 Å². The summed E-state index contributed by atoms with van der Waals surface area (Å²) in [7, 11) is 0. The number of carboxylic acid groups (broad SMARTS) is 1. The maximum Gasteiger partial charge on any atom is 0.330 e. The molecule has 1 amide bonds. The minimum Gasteiger partial charge on any atom is -0.508 e. The number of aromatic amines is 1. The lowest BCUT2D eigenvalue weighted by atomic mass is 9.95. The molecule has 1 aliphatic rings. The van der Waals surface area contributed by atoms with Crippen LogP contribution in [0.5, 0.6) is 5.75 Å². The number of aromatic nitrogens is 2. The van der Waals surface area contributed by atoms with Gasteiger partial charge in [-0.3, -0.25) is 19.1 Å². The maximum atomic E-state index is 12.5. The summed E-state index contributed by atoms with van der Waals surface area (Å²) in [6, 6.07) is 4.16. The average Bonchev–Trinajstić information content (AvgIpc) is 2.75. The van der Waals surface area contributed by atoms with Crippen LogP contribution < -0.4 is 22.3 Å². The second-order valence-electron chi connectivity index (χ2n) is 7.68. The Kier molecular flexibility index (Phi) is 7.28. The second kappa shape index (κ2) is 9.95. The van der Waals surface area contributed by atoms with E-state index < -0.39 is 59.7 Å². The summed E-state index contributed by atoms with van der Waals surface area (Å²) < 4.78 is 6.38. The lowest BCUT2D eigenvalue weighted by molar-refractivity contribution is -0.209. The number of phenols is 1. The minimum absolute atomic E-state index is 0.0362. The third-order valence-electron chi connectivity index (χ3n) is 5.26. The number of carbonyl (C=O) groups is 2. The molecule has 178 valence electrons. The van der Waals surface area contributed by atoms with Crippen molar-refractivity contribution in [1.29, 1.82) is 0 Å². The molecule has 0 aliphatic carbocycles. The zero-order chi connectivity index (χ0) is 24.3. The van der Waals surface area contributed by atoms with Crippen LogP contribution in [0.2, 0.25) is 0 Å². The molecule has 1 aromatic heterocycles. The van der Waals surface area contributed by atoms with Gasteiger partial charge in [0.1, 0.15) is 11.9 Å². The second-order valence-corrected chi connectivity index (χ2v) is 7.68. The summed E-state index contributed by atoms with van der Waals surface area (Å²) in [4.78, 5) is 49.8. The van der Waals surface area contributed by atoms with Gasteiger partial charge in [-0.05, 0) is 24.1 Å². The van der Waals surface area contributed by atoms with E-state index in [0.717, 1.165) is 16.8 Å². The Bertz CT molecular complexity index is 1110. The highest BCUT2D eigenvalue weighted by Crippen LogP contribution is 2.28. The largest absolute Gasteiger partial charge is 0.508 e. The van der Waals surface area contributed by atoms with Crippen molar-refractivity contribution in [2.45, 2.75) is 49.5 Å². The first-order valence-corrected chi connectivity index (χ1v) is 9.96. The number of hydrogen-bond donors (Lipinski definition) is 7. The van der Waals surface area contributed by atoms with Crippen molar-refractivity contribution in [3.05, 3.63) is 62.9 Å². The number of H-pyrrole nitrogens is 1. The Labute approximate surface area is 186 Å². The number of carbonyl (C=O) groups excluding carboxylic acids is 1. The number of carboxylic acids is 1. The first-order valence-electron chi connectivity index (χ1n) is 9.96. The lowest BCUT2D eigenvalue weighted by Gasteiger charge is -2.39. The Morgan fingerprint density at radius 1 is 1.21 bits per heavy atom. The molecule has 13 nitrogen and oxygen atoms in total. The van der Waals surface area contributed by atoms with Crippen molar-refractivity contribution in [1.82, 2.24) is 14.9 Å². The Morgan fingerprint density at radius 3 is 2.48 bits per heavy atom. The number of aliphatic hydroxyl groups is 2. The minimum atomic E-state index is -1.66. The molecule has 0 unspecified atom stereocenters. The van der Waals surface area contributed by atoms with Gasteiger partial charge in [0.25, 0.3) is 5.56 Å². The van der Waals surface area contributed by atoms with Crippen LogP contribution in [0.15, 0.2) is 46.1 Å². The normalized spacial score (nSPS) is 24.6. The number of amides is 1. The molecule has 1 fully saturated rings. The van der Waals surface area contributed by atoms with Crippen LogP contribution in [0.25, 0.3) is 0 Å². The molecular formula is C20H24N4O9. The highest BCUT2D eigenvalue weighted by molar-refractivity contribution is 5.87. The molecule has 6 atom stereocenters. The zero-order valence-electron chi connectivity index (χ0n) is 17.2. The van der Waals surface area contributed by atoms with Gasteiger partial charge in [-0.25, -0.2) is 9.59 Å². The third-order valence-corrected chi connectivity index (χ3v) is 5.26. The summed E-state index contributed by atoms with van der Waals surface area (Å²) in [6.45, 7) is 0. The molecule has 2 heterocycles. The number of aliphatic hydroxyl groups excluding tert-OH is 2. The first kappa shape index (κ1) is 24.1. The fourth-order valence-electron chi connectivity index (χ4n) is 3.51. The summed E-state index contributed by atoms with van der Waals surface area (Å²) >= 11 is 0. The van der Waals surface area contributed by atoms with Crippen LogP contribution in [0.4, 0.5) is 0 Å². The smallest absolute Gasteiger partial charge is 0.330 e. The van der Waals surface area contributed by atoms with Crippen LogP contribution >= 0.6 is 0 Å². The highest BCUT2D eigenvalue weighted by atomic mass is 16.5. The van der Waals surface area contributed by atoms with Gasteiger partial charge in [0, 0.05) is 18.7 Å². The number of ether oxygens (including phenoxy) is 1. The number of nitrogens with two attached hydrogens (primary N) is 1. The highest BCUT2D eigenvalue weighted by Gasteiger charge is 2.44. The van der Waals surface area contributed by atoms with Crippen molar-refractivity contribution < 1.29 is 34.8 Å². The monoisotopic (exact) mass is 464 g/mol. The van der Waals surface area contributed by atoms with E-state index in [-0.39, 0.29) is 18.6 Å². The van der Waals surface area contributed by atoms with E-state index in [1.807, 2.05) is 4.98 Å². The number of nitrogens with one attached hydrogen (secondary N) is 2. The van der Waals surface area contributed by atoms with Crippen LogP contribution in [0.1, 0.15) is 18.2 Å². The van der Waals surface area contributed by atoms with Gasteiger partial charge in [-0.1, -0.05) is 12.1 Å².